The van der Waals surface area contributed by atoms with E-state index in [0.717, 1.165) is 49.5 Å². The molecule has 1 heterocycles. The number of carbonyl (C=O) groups is 1. The van der Waals surface area contributed by atoms with Gasteiger partial charge in [-0.25, -0.2) is 4.39 Å². The number of para-hydroxylation sites is 1. The molecule has 2 aromatic rings. The largest absolute Gasteiger partial charge is 0.488 e. The van der Waals surface area contributed by atoms with Crippen molar-refractivity contribution in [1.29, 1.82) is 0 Å². The minimum absolute atomic E-state index is 0.0792. The standard InChI is InChI=1S/C22H28FN3O2/c1-17-4-3-5-18(2)22(17)24-21(27)16-26-12-10-25(11-13-26)14-15-28-20-8-6-19(23)7-9-20/h3-9H,10-16H2,1-2H3,(H,24,27)/p+2. The van der Waals surface area contributed by atoms with Crippen LogP contribution in [0, 0.1) is 19.7 Å². The summed E-state index contributed by atoms with van der Waals surface area (Å²) in [4.78, 5) is 15.2. The molecule has 3 N–H and O–H groups in total. The monoisotopic (exact) mass is 387 g/mol. The van der Waals surface area contributed by atoms with Crippen molar-refractivity contribution < 1.29 is 23.7 Å². The molecule has 1 saturated heterocycles. The minimum Gasteiger partial charge on any atom is -0.488 e. The van der Waals surface area contributed by atoms with E-state index in [2.05, 4.69) is 5.32 Å². The summed E-state index contributed by atoms with van der Waals surface area (Å²) in [7, 11) is 0. The third-order valence-corrected chi connectivity index (χ3v) is 5.36. The fourth-order valence-corrected chi connectivity index (χ4v) is 3.65. The van der Waals surface area contributed by atoms with Crippen molar-refractivity contribution in [3.05, 3.63) is 59.4 Å². The second kappa shape index (κ2) is 9.66. The van der Waals surface area contributed by atoms with Gasteiger partial charge in [-0.2, -0.15) is 0 Å². The molecule has 0 bridgehead atoms. The van der Waals surface area contributed by atoms with E-state index < -0.39 is 0 Å². The molecule has 1 amide bonds. The van der Waals surface area contributed by atoms with Crippen LogP contribution in [-0.2, 0) is 4.79 Å². The zero-order chi connectivity index (χ0) is 19.9. The van der Waals surface area contributed by atoms with Crippen LogP contribution in [0.2, 0.25) is 0 Å². The number of hydrogen-bond acceptors (Lipinski definition) is 2. The number of ether oxygens (including phenoxy) is 1. The molecule has 2 aromatic carbocycles. The number of carbonyl (C=O) groups excluding carboxylic acids is 1. The first kappa shape index (κ1) is 20.3. The van der Waals surface area contributed by atoms with E-state index in [9.17, 15) is 9.18 Å². The van der Waals surface area contributed by atoms with Crippen LogP contribution in [0.25, 0.3) is 0 Å². The zero-order valence-corrected chi connectivity index (χ0v) is 16.7. The van der Waals surface area contributed by atoms with Crippen LogP contribution in [0.1, 0.15) is 11.1 Å². The lowest BCUT2D eigenvalue weighted by molar-refractivity contribution is -1.01. The van der Waals surface area contributed by atoms with E-state index in [1.165, 1.54) is 21.9 Å². The SMILES string of the molecule is Cc1cccc(C)c1NC(=O)C[NH+]1CC[NH+](CCOc2ccc(F)cc2)CC1. The Hall–Kier alpha value is -2.44. The summed E-state index contributed by atoms with van der Waals surface area (Å²) in [6.45, 7) is 10.1. The summed E-state index contributed by atoms with van der Waals surface area (Å²) >= 11 is 0. The average molecular weight is 387 g/mol. The molecule has 5 nitrogen and oxygen atoms in total. The summed E-state index contributed by atoms with van der Waals surface area (Å²) < 4.78 is 18.6. The van der Waals surface area contributed by atoms with Crippen molar-refractivity contribution >= 4 is 11.6 Å². The number of rotatable bonds is 7. The number of anilines is 1. The quantitative estimate of drug-likeness (QED) is 0.638. The molecule has 150 valence electrons. The molecule has 1 fully saturated rings. The lowest BCUT2D eigenvalue weighted by Gasteiger charge is -2.29. The Morgan fingerprint density at radius 1 is 1.00 bits per heavy atom. The van der Waals surface area contributed by atoms with Gasteiger partial charge in [-0.3, -0.25) is 4.79 Å². The summed E-state index contributed by atoms with van der Waals surface area (Å²) in [6, 6.07) is 12.2. The van der Waals surface area contributed by atoms with Gasteiger partial charge >= 0.3 is 0 Å². The predicted molar refractivity (Wildman–Crippen MR) is 108 cm³/mol. The normalized spacial score (nSPS) is 19.2. The number of halogens is 1. The predicted octanol–water partition coefficient (Wildman–Crippen LogP) is 0.243. The van der Waals surface area contributed by atoms with Gasteiger partial charge in [0.2, 0.25) is 0 Å². The van der Waals surface area contributed by atoms with Crippen molar-refractivity contribution in [2.24, 2.45) is 0 Å². The van der Waals surface area contributed by atoms with E-state index in [4.69, 9.17) is 4.74 Å². The third-order valence-electron chi connectivity index (χ3n) is 5.36. The van der Waals surface area contributed by atoms with Crippen LogP contribution in [0.3, 0.4) is 0 Å². The van der Waals surface area contributed by atoms with Crippen molar-refractivity contribution in [2.45, 2.75) is 13.8 Å². The molecule has 0 unspecified atom stereocenters. The van der Waals surface area contributed by atoms with Crippen LogP contribution in [0.15, 0.2) is 42.5 Å². The van der Waals surface area contributed by atoms with Crippen molar-refractivity contribution in [3.8, 4) is 5.75 Å². The first-order chi connectivity index (χ1) is 13.5. The van der Waals surface area contributed by atoms with E-state index in [1.54, 1.807) is 12.1 Å². The first-order valence-corrected chi connectivity index (χ1v) is 9.93. The molecule has 1 aliphatic heterocycles. The van der Waals surface area contributed by atoms with Gasteiger partial charge in [0.1, 0.15) is 50.9 Å². The Morgan fingerprint density at radius 2 is 1.61 bits per heavy atom. The van der Waals surface area contributed by atoms with Crippen LogP contribution in [0.5, 0.6) is 5.75 Å². The highest BCUT2D eigenvalue weighted by Crippen LogP contribution is 2.18. The summed E-state index contributed by atoms with van der Waals surface area (Å²) in [5.41, 5.74) is 3.13. The number of benzene rings is 2. The van der Waals surface area contributed by atoms with Gasteiger partial charge in [-0.05, 0) is 49.2 Å². The average Bonchev–Trinajstić information content (AvgIpc) is 2.68. The van der Waals surface area contributed by atoms with Gasteiger partial charge in [0.25, 0.3) is 5.91 Å². The highest BCUT2D eigenvalue weighted by atomic mass is 19.1. The summed E-state index contributed by atoms with van der Waals surface area (Å²) in [5, 5.41) is 3.08. The van der Waals surface area contributed by atoms with Crippen molar-refractivity contribution in [3.63, 3.8) is 0 Å². The summed E-state index contributed by atoms with van der Waals surface area (Å²) in [5.74, 6) is 0.530. The molecule has 0 radical (unpaired) electrons. The molecule has 0 aliphatic carbocycles. The number of nitrogens with one attached hydrogen (secondary N) is 3. The molecular weight excluding hydrogens is 357 g/mol. The van der Waals surface area contributed by atoms with Crippen LogP contribution < -0.4 is 19.9 Å². The molecule has 6 heteroatoms. The molecule has 1 aliphatic rings. The topological polar surface area (TPSA) is 47.2 Å². The van der Waals surface area contributed by atoms with E-state index >= 15 is 0 Å². The fourth-order valence-electron chi connectivity index (χ4n) is 3.65. The Bertz CT molecular complexity index is 767. The number of aryl methyl sites for hydroxylation is 2. The maximum atomic E-state index is 12.9. The van der Waals surface area contributed by atoms with E-state index in [1.807, 2.05) is 32.0 Å². The molecular formula is C22H30FN3O2+2. The molecule has 0 saturated carbocycles. The minimum atomic E-state index is -0.251. The van der Waals surface area contributed by atoms with Gasteiger partial charge in [0.15, 0.2) is 6.54 Å². The molecule has 28 heavy (non-hydrogen) atoms. The van der Waals surface area contributed by atoms with Crippen LogP contribution in [-0.4, -0.2) is 51.8 Å². The Labute approximate surface area is 166 Å². The second-order valence-corrected chi connectivity index (χ2v) is 7.54. The Kier molecular flexibility index (Phi) is 7.01. The van der Waals surface area contributed by atoms with Gasteiger partial charge in [0, 0.05) is 5.69 Å². The maximum Gasteiger partial charge on any atom is 0.279 e. The number of piperazine rings is 1. The van der Waals surface area contributed by atoms with Gasteiger partial charge in [-0.15, -0.1) is 0 Å². The second-order valence-electron chi connectivity index (χ2n) is 7.54. The van der Waals surface area contributed by atoms with Crippen LogP contribution in [0.4, 0.5) is 10.1 Å². The molecule has 0 atom stereocenters. The molecule has 0 spiro atoms. The zero-order valence-electron chi connectivity index (χ0n) is 16.7. The maximum absolute atomic E-state index is 12.9. The number of quaternary nitrogens is 2. The van der Waals surface area contributed by atoms with E-state index in [-0.39, 0.29) is 11.7 Å². The van der Waals surface area contributed by atoms with Gasteiger partial charge in [-0.1, -0.05) is 18.2 Å². The smallest absolute Gasteiger partial charge is 0.279 e. The van der Waals surface area contributed by atoms with Crippen LogP contribution >= 0.6 is 0 Å². The van der Waals surface area contributed by atoms with Gasteiger partial charge in [0.05, 0.1) is 0 Å². The first-order valence-electron chi connectivity index (χ1n) is 9.93. The molecule has 3 rings (SSSR count). The number of amides is 1. The van der Waals surface area contributed by atoms with Crippen molar-refractivity contribution in [2.75, 3.05) is 51.2 Å². The fraction of sp³-hybridized carbons (Fsp3) is 0.409. The lowest BCUT2D eigenvalue weighted by Crippen LogP contribution is -3.28. The van der Waals surface area contributed by atoms with E-state index in [0.29, 0.717) is 18.9 Å². The summed E-state index contributed by atoms with van der Waals surface area (Å²) in [6.07, 6.45) is 0. The molecule has 0 aromatic heterocycles. The highest BCUT2D eigenvalue weighted by molar-refractivity contribution is 5.93. The number of hydrogen-bond donors (Lipinski definition) is 3. The lowest BCUT2D eigenvalue weighted by atomic mass is 10.1. The van der Waals surface area contributed by atoms with Gasteiger partial charge < -0.3 is 19.9 Å². The third kappa shape index (κ3) is 5.78. The van der Waals surface area contributed by atoms with Crippen molar-refractivity contribution in [1.82, 2.24) is 0 Å². The highest BCUT2D eigenvalue weighted by Gasteiger charge is 2.25. The Morgan fingerprint density at radius 3 is 2.25 bits per heavy atom. The Balaban J connectivity index is 1.36.